The molecule has 23 heavy (non-hydrogen) atoms. The van der Waals surface area contributed by atoms with E-state index in [0.717, 1.165) is 12.8 Å². The zero-order valence-electron chi connectivity index (χ0n) is 13.0. The largest absolute Gasteiger partial charge is 0.292 e. The van der Waals surface area contributed by atoms with Crippen molar-refractivity contribution in [3.05, 3.63) is 66.2 Å². The predicted octanol–water partition coefficient (Wildman–Crippen LogP) is 4.20. The summed E-state index contributed by atoms with van der Waals surface area (Å²) in [6.07, 6.45) is 1.85. The molecule has 0 aliphatic carbocycles. The summed E-state index contributed by atoms with van der Waals surface area (Å²) in [5, 5.41) is 0. The summed E-state index contributed by atoms with van der Waals surface area (Å²) in [5.41, 5.74) is 0.431. The first-order chi connectivity index (χ1) is 11.1. The van der Waals surface area contributed by atoms with Gasteiger partial charge in [-0.2, -0.15) is 0 Å². The van der Waals surface area contributed by atoms with Crippen molar-refractivity contribution in [1.29, 1.82) is 0 Å². The lowest BCUT2D eigenvalue weighted by Crippen LogP contribution is -2.28. The highest BCUT2D eigenvalue weighted by Crippen LogP contribution is 2.28. The van der Waals surface area contributed by atoms with E-state index in [1.54, 1.807) is 54.6 Å². The van der Waals surface area contributed by atoms with Crippen molar-refractivity contribution in [2.24, 2.45) is 0 Å². The fraction of sp³-hybridized carbons (Fsp3) is 0.278. The number of thioether (sulfide) groups is 1. The normalized spacial score (nSPS) is 12.7. The van der Waals surface area contributed by atoms with Gasteiger partial charge in [0.1, 0.15) is 0 Å². The Kier molecular flexibility index (Phi) is 6.42. The molecule has 0 aliphatic rings. The van der Waals surface area contributed by atoms with Gasteiger partial charge < -0.3 is 0 Å². The Labute approximate surface area is 142 Å². The van der Waals surface area contributed by atoms with Crippen molar-refractivity contribution in [3.63, 3.8) is 0 Å². The van der Waals surface area contributed by atoms with E-state index in [0.29, 0.717) is 11.3 Å². The summed E-state index contributed by atoms with van der Waals surface area (Å²) in [6, 6.07) is 16.8. The highest BCUT2D eigenvalue weighted by molar-refractivity contribution is 8.14. The molecule has 0 saturated carbocycles. The first-order valence-electron chi connectivity index (χ1n) is 7.57. The van der Waals surface area contributed by atoms with E-state index in [1.807, 2.05) is 13.0 Å². The molecule has 0 fully saturated rings. The van der Waals surface area contributed by atoms with Crippen molar-refractivity contribution >= 4 is 27.4 Å². The van der Waals surface area contributed by atoms with Crippen LogP contribution in [0.1, 0.15) is 30.1 Å². The number of Topliss-reactive ketones (excluding diaryl/α,β-unsaturated/α-hetero) is 1. The lowest BCUT2D eigenvalue weighted by atomic mass is 10.1. The molecule has 0 saturated heterocycles. The van der Waals surface area contributed by atoms with Crippen LogP contribution < -0.4 is 0 Å². The summed E-state index contributed by atoms with van der Waals surface area (Å²) in [6.45, 7) is 2.04. The number of benzene rings is 2. The number of hydrogen-bond donors (Lipinski definition) is 0. The summed E-state index contributed by atoms with van der Waals surface area (Å²) in [5.74, 6) is 0.293. The molecule has 2 aromatic rings. The number of ketones is 1. The van der Waals surface area contributed by atoms with Crippen LogP contribution in [0, 0.1) is 0 Å². The van der Waals surface area contributed by atoms with Gasteiger partial charge in [-0.25, -0.2) is 8.42 Å². The molecule has 2 aromatic carbocycles. The number of carbonyl (C=O) groups excluding carboxylic acids is 1. The fourth-order valence-electron chi connectivity index (χ4n) is 2.11. The molecule has 2 rings (SSSR count). The van der Waals surface area contributed by atoms with E-state index in [9.17, 15) is 13.2 Å². The van der Waals surface area contributed by atoms with Crippen molar-refractivity contribution in [2.75, 3.05) is 5.75 Å². The maximum absolute atomic E-state index is 12.9. The molecule has 0 spiro atoms. The van der Waals surface area contributed by atoms with Gasteiger partial charge in [0.25, 0.3) is 0 Å². The average Bonchev–Trinajstić information content (AvgIpc) is 2.59. The monoisotopic (exact) mass is 348 g/mol. The maximum atomic E-state index is 12.9. The summed E-state index contributed by atoms with van der Waals surface area (Å²) in [7, 11) is -3.72. The Morgan fingerprint density at radius 3 is 2.13 bits per heavy atom. The number of carbonyl (C=O) groups is 1. The van der Waals surface area contributed by atoms with Gasteiger partial charge in [-0.3, -0.25) is 4.79 Å². The highest BCUT2D eigenvalue weighted by atomic mass is 32.3. The molecular formula is C18H20O3S2. The van der Waals surface area contributed by atoms with Crippen LogP contribution in [0.2, 0.25) is 0 Å². The number of rotatable bonds is 8. The third-order valence-electron chi connectivity index (χ3n) is 3.39. The molecule has 0 radical (unpaired) electrons. The Hall–Kier alpha value is -1.59. The lowest BCUT2D eigenvalue weighted by molar-refractivity contribution is 0.101. The summed E-state index contributed by atoms with van der Waals surface area (Å²) in [4.78, 5) is 13.0. The van der Waals surface area contributed by atoms with Gasteiger partial charge >= 0.3 is 0 Å². The molecule has 0 heterocycles. The van der Waals surface area contributed by atoms with E-state index < -0.39 is 14.4 Å². The van der Waals surface area contributed by atoms with E-state index in [2.05, 4.69) is 0 Å². The molecule has 122 valence electrons. The van der Waals surface area contributed by atoms with Gasteiger partial charge in [0, 0.05) is 5.56 Å². The smallest absolute Gasteiger partial charge is 0.198 e. The van der Waals surface area contributed by atoms with Crippen LogP contribution in [0.25, 0.3) is 0 Å². The number of hydrogen-bond acceptors (Lipinski definition) is 4. The maximum Gasteiger partial charge on any atom is 0.198 e. The Balaban J connectivity index is 2.36. The van der Waals surface area contributed by atoms with Crippen LogP contribution >= 0.6 is 11.8 Å². The standard InChI is InChI=1S/C18H20O3S2/c1-2-3-14-22-18(17(19)15-10-6-4-7-11-15)23(20,21)16-12-8-5-9-13-16/h4-13,18H,2-3,14H2,1H3/t18-/m1/s1. The summed E-state index contributed by atoms with van der Waals surface area (Å²) >= 11 is 1.21. The zero-order valence-corrected chi connectivity index (χ0v) is 14.6. The topological polar surface area (TPSA) is 51.2 Å². The van der Waals surface area contributed by atoms with Gasteiger partial charge in [-0.15, -0.1) is 11.8 Å². The van der Waals surface area contributed by atoms with Crippen molar-refractivity contribution in [1.82, 2.24) is 0 Å². The van der Waals surface area contributed by atoms with Crippen LogP contribution in [-0.4, -0.2) is 24.5 Å². The third-order valence-corrected chi connectivity index (χ3v) is 7.31. The van der Waals surface area contributed by atoms with Crippen LogP contribution in [0.4, 0.5) is 0 Å². The number of unbranched alkanes of at least 4 members (excludes halogenated alkanes) is 1. The minimum Gasteiger partial charge on any atom is -0.292 e. The van der Waals surface area contributed by atoms with Gasteiger partial charge in [0.15, 0.2) is 20.2 Å². The number of sulfone groups is 1. The van der Waals surface area contributed by atoms with Gasteiger partial charge in [-0.1, -0.05) is 61.9 Å². The van der Waals surface area contributed by atoms with Crippen molar-refractivity contribution in [2.45, 2.75) is 29.2 Å². The molecule has 0 N–H and O–H groups in total. The SMILES string of the molecule is CCCCS[C@@H](C(=O)c1ccccc1)S(=O)(=O)c1ccccc1. The predicted molar refractivity (Wildman–Crippen MR) is 95.6 cm³/mol. The van der Waals surface area contributed by atoms with Crippen molar-refractivity contribution < 1.29 is 13.2 Å². The first kappa shape index (κ1) is 17.8. The van der Waals surface area contributed by atoms with E-state index in [4.69, 9.17) is 0 Å². The molecule has 1 atom stereocenters. The fourth-order valence-corrected chi connectivity index (χ4v) is 5.61. The van der Waals surface area contributed by atoms with Crippen molar-refractivity contribution in [3.8, 4) is 0 Å². The quantitative estimate of drug-likeness (QED) is 0.530. The Morgan fingerprint density at radius 2 is 1.57 bits per heavy atom. The molecule has 5 heteroatoms. The minimum absolute atomic E-state index is 0.193. The Bertz CT molecular complexity index is 725. The molecular weight excluding hydrogens is 328 g/mol. The molecule has 0 amide bonds. The second kappa shape index (κ2) is 8.31. The second-order valence-electron chi connectivity index (χ2n) is 5.14. The molecule has 0 bridgehead atoms. The van der Waals surface area contributed by atoms with Crippen LogP contribution in [-0.2, 0) is 9.84 Å². The summed E-state index contributed by atoms with van der Waals surface area (Å²) < 4.78 is 24.7. The zero-order chi connectivity index (χ0) is 16.7. The molecule has 0 aromatic heterocycles. The van der Waals surface area contributed by atoms with Crippen LogP contribution in [0.3, 0.4) is 0 Å². The molecule has 0 unspecified atom stereocenters. The van der Waals surface area contributed by atoms with E-state index >= 15 is 0 Å². The molecule has 3 nitrogen and oxygen atoms in total. The van der Waals surface area contributed by atoms with Gasteiger partial charge in [0.2, 0.25) is 0 Å². The molecule has 0 aliphatic heterocycles. The average molecular weight is 348 g/mol. The van der Waals surface area contributed by atoms with Crippen LogP contribution in [0.15, 0.2) is 65.6 Å². The van der Waals surface area contributed by atoms with Crippen LogP contribution in [0.5, 0.6) is 0 Å². The first-order valence-corrected chi connectivity index (χ1v) is 10.2. The van der Waals surface area contributed by atoms with E-state index in [1.165, 1.54) is 11.8 Å². The highest BCUT2D eigenvalue weighted by Gasteiger charge is 2.34. The van der Waals surface area contributed by atoms with E-state index in [-0.39, 0.29) is 10.7 Å². The minimum atomic E-state index is -3.72. The second-order valence-corrected chi connectivity index (χ2v) is 8.69. The van der Waals surface area contributed by atoms with Gasteiger partial charge in [0.05, 0.1) is 4.90 Å². The lowest BCUT2D eigenvalue weighted by Gasteiger charge is -2.16. The van der Waals surface area contributed by atoms with Gasteiger partial charge in [-0.05, 0) is 24.3 Å². The Morgan fingerprint density at radius 1 is 1.00 bits per heavy atom. The third kappa shape index (κ3) is 4.45.